The highest BCUT2D eigenvalue weighted by molar-refractivity contribution is 4.96. The highest BCUT2D eigenvalue weighted by Crippen LogP contribution is 2.50. The van der Waals surface area contributed by atoms with Gasteiger partial charge in [0.05, 0.1) is 0 Å². The summed E-state index contributed by atoms with van der Waals surface area (Å²) in [6, 6.07) is 0. The Bertz CT molecular complexity index is 195. The fourth-order valence-corrected chi connectivity index (χ4v) is 2.68. The molecule has 0 radical (unpaired) electrons. The van der Waals surface area contributed by atoms with Crippen LogP contribution in [0, 0.1) is 17.3 Å². The van der Waals surface area contributed by atoms with Crippen molar-refractivity contribution in [3.8, 4) is 0 Å². The van der Waals surface area contributed by atoms with Gasteiger partial charge in [0.15, 0.2) is 0 Å². The number of piperidine rings is 1. The van der Waals surface area contributed by atoms with Gasteiger partial charge < -0.3 is 10.6 Å². The third kappa shape index (κ3) is 3.46. The molecular formula is C13H26N2. The molecule has 2 fully saturated rings. The van der Waals surface area contributed by atoms with E-state index < -0.39 is 0 Å². The monoisotopic (exact) mass is 210 g/mol. The van der Waals surface area contributed by atoms with Crippen LogP contribution in [-0.4, -0.2) is 26.2 Å². The zero-order chi connectivity index (χ0) is 10.7. The number of hydrogen-bond acceptors (Lipinski definition) is 2. The Balaban J connectivity index is 1.48. The van der Waals surface area contributed by atoms with Crippen LogP contribution in [0.25, 0.3) is 0 Å². The molecule has 0 spiro atoms. The molecule has 2 nitrogen and oxygen atoms in total. The number of nitrogens with one attached hydrogen (secondary N) is 2. The molecule has 0 aromatic rings. The van der Waals surface area contributed by atoms with Crippen molar-refractivity contribution >= 4 is 0 Å². The van der Waals surface area contributed by atoms with E-state index >= 15 is 0 Å². The summed E-state index contributed by atoms with van der Waals surface area (Å²) in [6.07, 6.45) is 5.58. The van der Waals surface area contributed by atoms with Gasteiger partial charge in [0.1, 0.15) is 0 Å². The lowest BCUT2D eigenvalue weighted by Gasteiger charge is -2.22. The molecule has 0 amide bonds. The lowest BCUT2D eigenvalue weighted by Crippen LogP contribution is -2.30. The van der Waals surface area contributed by atoms with Crippen molar-refractivity contribution in [1.82, 2.24) is 10.6 Å². The van der Waals surface area contributed by atoms with Gasteiger partial charge in [0.2, 0.25) is 0 Å². The SMILES string of the molecule is CC1(C)CC1CNCCC1CCNCC1. The first kappa shape index (κ1) is 11.4. The summed E-state index contributed by atoms with van der Waals surface area (Å²) in [5, 5.41) is 7.05. The van der Waals surface area contributed by atoms with E-state index in [1.165, 1.54) is 51.9 Å². The molecule has 1 atom stereocenters. The molecule has 1 heterocycles. The van der Waals surface area contributed by atoms with E-state index in [0.29, 0.717) is 5.41 Å². The van der Waals surface area contributed by atoms with Gasteiger partial charge in [-0.2, -0.15) is 0 Å². The van der Waals surface area contributed by atoms with Gasteiger partial charge in [-0.3, -0.25) is 0 Å². The van der Waals surface area contributed by atoms with Crippen molar-refractivity contribution in [2.75, 3.05) is 26.2 Å². The van der Waals surface area contributed by atoms with Crippen LogP contribution in [-0.2, 0) is 0 Å². The van der Waals surface area contributed by atoms with Gasteiger partial charge >= 0.3 is 0 Å². The average molecular weight is 210 g/mol. The molecule has 2 aliphatic rings. The maximum Gasteiger partial charge on any atom is -0.00152 e. The Morgan fingerprint density at radius 3 is 2.53 bits per heavy atom. The lowest BCUT2D eigenvalue weighted by atomic mass is 9.95. The van der Waals surface area contributed by atoms with Crippen molar-refractivity contribution < 1.29 is 0 Å². The van der Waals surface area contributed by atoms with Crippen LogP contribution >= 0.6 is 0 Å². The average Bonchev–Trinajstić information content (AvgIpc) is 2.83. The molecule has 2 N–H and O–H groups in total. The Morgan fingerprint density at radius 2 is 1.93 bits per heavy atom. The van der Waals surface area contributed by atoms with Crippen molar-refractivity contribution in [2.24, 2.45) is 17.3 Å². The molecule has 88 valence electrons. The van der Waals surface area contributed by atoms with Crippen LogP contribution in [0.15, 0.2) is 0 Å². The summed E-state index contributed by atoms with van der Waals surface area (Å²) in [5.74, 6) is 1.93. The Morgan fingerprint density at radius 1 is 1.27 bits per heavy atom. The molecule has 1 saturated carbocycles. The molecule has 1 unspecified atom stereocenters. The zero-order valence-corrected chi connectivity index (χ0v) is 10.3. The lowest BCUT2D eigenvalue weighted by molar-refractivity contribution is 0.346. The summed E-state index contributed by atoms with van der Waals surface area (Å²) >= 11 is 0. The van der Waals surface area contributed by atoms with Crippen molar-refractivity contribution in [3.05, 3.63) is 0 Å². The Kier molecular flexibility index (Phi) is 3.68. The second-order valence-electron chi connectivity index (χ2n) is 6.08. The predicted molar refractivity (Wildman–Crippen MR) is 65.0 cm³/mol. The summed E-state index contributed by atoms with van der Waals surface area (Å²) in [6.45, 7) is 9.72. The highest BCUT2D eigenvalue weighted by atomic mass is 14.9. The molecule has 2 rings (SSSR count). The van der Waals surface area contributed by atoms with E-state index in [0.717, 1.165) is 11.8 Å². The second-order valence-corrected chi connectivity index (χ2v) is 6.08. The fourth-order valence-electron chi connectivity index (χ4n) is 2.68. The van der Waals surface area contributed by atoms with E-state index in [1.807, 2.05) is 0 Å². The van der Waals surface area contributed by atoms with Crippen LogP contribution in [0.5, 0.6) is 0 Å². The van der Waals surface area contributed by atoms with Crippen LogP contribution < -0.4 is 10.6 Å². The van der Waals surface area contributed by atoms with Gasteiger partial charge in [-0.05, 0) is 69.1 Å². The van der Waals surface area contributed by atoms with E-state index in [2.05, 4.69) is 24.5 Å². The number of hydrogen-bond donors (Lipinski definition) is 2. The Hall–Kier alpha value is -0.0800. The molecule has 0 aromatic carbocycles. The first-order valence-corrected chi connectivity index (χ1v) is 6.60. The number of rotatable bonds is 5. The van der Waals surface area contributed by atoms with Crippen molar-refractivity contribution in [3.63, 3.8) is 0 Å². The van der Waals surface area contributed by atoms with Gasteiger partial charge in [0.25, 0.3) is 0 Å². The standard InChI is InChI=1S/C13H26N2/c1-13(2)9-12(13)10-15-8-5-11-3-6-14-7-4-11/h11-12,14-15H,3-10H2,1-2H3. The normalized spacial score (nSPS) is 30.4. The third-order valence-electron chi connectivity index (χ3n) is 4.30. The zero-order valence-electron chi connectivity index (χ0n) is 10.3. The predicted octanol–water partition coefficient (Wildman–Crippen LogP) is 2.01. The van der Waals surface area contributed by atoms with E-state index in [9.17, 15) is 0 Å². The highest BCUT2D eigenvalue weighted by Gasteiger charge is 2.44. The van der Waals surface area contributed by atoms with Gasteiger partial charge in [-0.15, -0.1) is 0 Å². The van der Waals surface area contributed by atoms with Gasteiger partial charge in [-0.1, -0.05) is 13.8 Å². The molecule has 2 heteroatoms. The molecule has 1 aliphatic heterocycles. The summed E-state index contributed by atoms with van der Waals surface area (Å²) in [4.78, 5) is 0. The third-order valence-corrected chi connectivity index (χ3v) is 4.30. The smallest absolute Gasteiger partial charge is 0.00152 e. The van der Waals surface area contributed by atoms with Crippen molar-refractivity contribution in [1.29, 1.82) is 0 Å². The summed E-state index contributed by atoms with van der Waals surface area (Å²) in [5.41, 5.74) is 0.641. The van der Waals surface area contributed by atoms with E-state index in [1.54, 1.807) is 0 Å². The van der Waals surface area contributed by atoms with Gasteiger partial charge in [0, 0.05) is 0 Å². The first-order chi connectivity index (χ1) is 7.18. The maximum atomic E-state index is 3.63. The van der Waals surface area contributed by atoms with Crippen LogP contribution in [0.4, 0.5) is 0 Å². The second kappa shape index (κ2) is 4.84. The molecular weight excluding hydrogens is 184 g/mol. The topological polar surface area (TPSA) is 24.1 Å². The molecule has 1 aliphatic carbocycles. The minimum absolute atomic E-state index is 0.641. The van der Waals surface area contributed by atoms with Crippen LogP contribution in [0.3, 0.4) is 0 Å². The van der Waals surface area contributed by atoms with E-state index in [-0.39, 0.29) is 0 Å². The molecule has 15 heavy (non-hydrogen) atoms. The summed E-state index contributed by atoms with van der Waals surface area (Å²) < 4.78 is 0. The van der Waals surface area contributed by atoms with Gasteiger partial charge in [-0.25, -0.2) is 0 Å². The maximum absolute atomic E-state index is 3.63. The molecule has 1 saturated heterocycles. The van der Waals surface area contributed by atoms with Crippen molar-refractivity contribution in [2.45, 2.75) is 39.5 Å². The van der Waals surface area contributed by atoms with Crippen LogP contribution in [0.1, 0.15) is 39.5 Å². The molecule has 0 aromatic heterocycles. The first-order valence-electron chi connectivity index (χ1n) is 6.60. The minimum Gasteiger partial charge on any atom is -0.317 e. The van der Waals surface area contributed by atoms with E-state index in [4.69, 9.17) is 0 Å². The minimum atomic E-state index is 0.641. The fraction of sp³-hybridized carbons (Fsp3) is 1.00. The largest absolute Gasteiger partial charge is 0.317 e. The Labute approximate surface area is 94.2 Å². The quantitative estimate of drug-likeness (QED) is 0.678. The summed E-state index contributed by atoms with van der Waals surface area (Å²) in [7, 11) is 0. The molecule has 0 bridgehead atoms. The van der Waals surface area contributed by atoms with Crippen LogP contribution in [0.2, 0.25) is 0 Å².